The first kappa shape index (κ1) is 13.4. The zero-order chi connectivity index (χ0) is 14.1. The van der Waals surface area contributed by atoms with Crippen molar-refractivity contribution in [2.24, 2.45) is 13.0 Å². The molecule has 20 heavy (non-hydrogen) atoms. The summed E-state index contributed by atoms with van der Waals surface area (Å²) in [6, 6.07) is 6.48. The van der Waals surface area contributed by atoms with Crippen LogP contribution in [0, 0.1) is 5.92 Å². The SMILES string of the molecule is CCNC(CC1CCC1)c1ccc2c(c1)oc(=O)n2C. The molecule has 1 heterocycles. The maximum Gasteiger partial charge on any atom is 0.419 e. The van der Waals surface area contributed by atoms with Gasteiger partial charge in [0.1, 0.15) is 0 Å². The van der Waals surface area contributed by atoms with Crippen molar-refractivity contribution in [1.29, 1.82) is 0 Å². The fourth-order valence-corrected chi connectivity index (χ4v) is 3.01. The van der Waals surface area contributed by atoms with Gasteiger partial charge in [0.2, 0.25) is 0 Å². The molecule has 1 saturated carbocycles. The number of hydrogen-bond acceptors (Lipinski definition) is 3. The molecule has 1 aliphatic rings. The lowest BCUT2D eigenvalue weighted by molar-refractivity contribution is 0.262. The van der Waals surface area contributed by atoms with Gasteiger partial charge in [0.05, 0.1) is 5.52 Å². The standard InChI is InChI=1S/C16H22N2O2/c1-3-17-13(9-11-5-4-6-11)12-7-8-14-15(10-12)20-16(19)18(14)2/h7-8,10-11,13,17H,3-6,9H2,1-2H3. The minimum Gasteiger partial charge on any atom is -0.408 e. The van der Waals surface area contributed by atoms with E-state index in [-0.39, 0.29) is 5.76 Å². The van der Waals surface area contributed by atoms with Gasteiger partial charge in [-0.1, -0.05) is 32.3 Å². The molecule has 0 saturated heterocycles. The average Bonchev–Trinajstić information content (AvgIpc) is 2.67. The van der Waals surface area contributed by atoms with E-state index >= 15 is 0 Å². The molecule has 2 aromatic rings. The van der Waals surface area contributed by atoms with Crippen LogP contribution in [0.15, 0.2) is 27.4 Å². The summed E-state index contributed by atoms with van der Waals surface area (Å²) in [5, 5.41) is 3.56. The number of aromatic nitrogens is 1. The van der Waals surface area contributed by atoms with Crippen molar-refractivity contribution in [2.75, 3.05) is 6.54 Å². The lowest BCUT2D eigenvalue weighted by Gasteiger charge is -2.30. The number of oxazole rings is 1. The second kappa shape index (κ2) is 5.44. The molecule has 0 amide bonds. The van der Waals surface area contributed by atoms with Crippen LogP contribution >= 0.6 is 0 Å². The predicted molar refractivity (Wildman–Crippen MR) is 79.8 cm³/mol. The summed E-state index contributed by atoms with van der Waals surface area (Å²) < 4.78 is 6.84. The molecule has 1 atom stereocenters. The third-order valence-corrected chi connectivity index (χ3v) is 4.46. The van der Waals surface area contributed by atoms with Gasteiger partial charge in [0.25, 0.3) is 0 Å². The van der Waals surface area contributed by atoms with Gasteiger partial charge in [-0.3, -0.25) is 4.57 Å². The highest BCUT2D eigenvalue weighted by Gasteiger charge is 2.23. The molecule has 1 aromatic heterocycles. The van der Waals surface area contributed by atoms with E-state index in [9.17, 15) is 4.79 Å². The van der Waals surface area contributed by atoms with E-state index in [0.717, 1.165) is 18.0 Å². The van der Waals surface area contributed by atoms with Crippen LogP contribution in [0.4, 0.5) is 0 Å². The van der Waals surface area contributed by atoms with Gasteiger partial charge in [0.15, 0.2) is 5.58 Å². The van der Waals surface area contributed by atoms with Crippen LogP contribution < -0.4 is 11.1 Å². The highest BCUT2D eigenvalue weighted by Crippen LogP contribution is 2.35. The fraction of sp³-hybridized carbons (Fsp3) is 0.562. The van der Waals surface area contributed by atoms with E-state index in [4.69, 9.17) is 4.42 Å². The Morgan fingerprint density at radius 2 is 2.25 bits per heavy atom. The number of rotatable bonds is 5. The maximum absolute atomic E-state index is 11.6. The summed E-state index contributed by atoms with van der Waals surface area (Å²) >= 11 is 0. The normalized spacial score (nSPS) is 17.3. The van der Waals surface area contributed by atoms with Gasteiger partial charge >= 0.3 is 5.76 Å². The van der Waals surface area contributed by atoms with Gasteiger partial charge in [0, 0.05) is 13.1 Å². The largest absolute Gasteiger partial charge is 0.419 e. The Bertz CT molecular complexity index is 652. The first-order chi connectivity index (χ1) is 9.69. The zero-order valence-electron chi connectivity index (χ0n) is 12.2. The lowest BCUT2D eigenvalue weighted by Crippen LogP contribution is -2.25. The highest BCUT2D eigenvalue weighted by molar-refractivity contribution is 5.73. The van der Waals surface area contributed by atoms with E-state index in [1.54, 1.807) is 11.6 Å². The highest BCUT2D eigenvalue weighted by atomic mass is 16.4. The molecule has 3 rings (SSSR count). The topological polar surface area (TPSA) is 47.2 Å². The van der Waals surface area contributed by atoms with Crippen LogP contribution in [0.1, 0.15) is 44.2 Å². The van der Waals surface area contributed by atoms with Gasteiger partial charge in [-0.15, -0.1) is 0 Å². The number of fused-ring (bicyclic) bond motifs is 1. The Balaban J connectivity index is 1.90. The van der Waals surface area contributed by atoms with Crippen LogP contribution in [0.25, 0.3) is 11.1 Å². The van der Waals surface area contributed by atoms with Crippen LogP contribution in [-0.2, 0) is 7.05 Å². The molecule has 1 aromatic carbocycles. The van der Waals surface area contributed by atoms with Crippen LogP contribution in [-0.4, -0.2) is 11.1 Å². The van der Waals surface area contributed by atoms with Crippen molar-refractivity contribution in [3.8, 4) is 0 Å². The Morgan fingerprint density at radius 3 is 2.90 bits per heavy atom. The first-order valence-electron chi connectivity index (χ1n) is 7.52. The second-order valence-corrected chi connectivity index (χ2v) is 5.80. The Kier molecular flexibility index (Phi) is 3.66. The lowest BCUT2D eigenvalue weighted by atomic mass is 9.79. The van der Waals surface area contributed by atoms with E-state index in [2.05, 4.69) is 18.3 Å². The van der Waals surface area contributed by atoms with Crippen molar-refractivity contribution in [2.45, 2.75) is 38.6 Å². The minimum atomic E-state index is -0.295. The Hall–Kier alpha value is -1.55. The smallest absolute Gasteiger partial charge is 0.408 e. The quantitative estimate of drug-likeness (QED) is 0.911. The summed E-state index contributed by atoms with van der Waals surface area (Å²) in [6.07, 6.45) is 5.25. The second-order valence-electron chi connectivity index (χ2n) is 5.80. The third kappa shape index (κ3) is 2.40. The molecule has 0 radical (unpaired) electrons. The number of nitrogens with one attached hydrogen (secondary N) is 1. The Morgan fingerprint density at radius 1 is 1.45 bits per heavy atom. The van der Waals surface area contributed by atoms with E-state index in [1.807, 2.05) is 12.1 Å². The monoisotopic (exact) mass is 274 g/mol. The van der Waals surface area contributed by atoms with Crippen molar-refractivity contribution in [1.82, 2.24) is 9.88 Å². The zero-order valence-corrected chi connectivity index (χ0v) is 12.2. The van der Waals surface area contributed by atoms with Crippen LogP contribution in [0.3, 0.4) is 0 Å². The van der Waals surface area contributed by atoms with Crippen molar-refractivity contribution in [3.05, 3.63) is 34.3 Å². The van der Waals surface area contributed by atoms with Crippen LogP contribution in [0.5, 0.6) is 0 Å². The number of hydrogen-bond donors (Lipinski definition) is 1. The fourth-order valence-electron chi connectivity index (χ4n) is 3.01. The summed E-state index contributed by atoms with van der Waals surface area (Å²) in [5.74, 6) is 0.550. The molecule has 0 bridgehead atoms. The van der Waals surface area contributed by atoms with Gasteiger partial charge in [-0.05, 0) is 36.6 Å². The first-order valence-corrected chi connectivity index (χ1v) is 7.52. The molecule has 108 valence electrons. The summed E-state index contributed by atoms with van der Waals surface area (Å²) in [4.78, 5) is 11.6. The van der Waals surface area contributed by atoms with E-state index < -0.39 is 0 Å². The number of benzene rings is 1. The number of nitrogens with zero attached hydrogens (tertiary/aromatic N) is 1. The Labute approximate surface area is 118 Å². The summed E-state index contributed by atoms with van der Waals surface area (Å²) in [6.45, 7) is 3.09. The average molecular weight is 274 g/mol. The maximum atomic E-state index is 11.6. The summed E-state index contributed by atoms with van der Waals surface area (Å²) in [7, 11) is 1.74. The molecule has 0 spiro atoms. The van der Waals surface area contributed by atoms with Crippen molar-refractivity contribution in [3.63, 3.8) is 0 Å². The van der Waals surface area contributed by atoms with Gasteiger partial charge < -0.3 is 9.73 Å². The molecule has 1 fully saturated rings. The molecule has 1 unspecified atom stereocenters. The van der Waals surface area contributed by atoms with Gasteiger partial charge in [-0.25, -0.2) is 4.79 Å². The molecular weight excluding hydrogens is 252 g/mol. The predicted octanol–water partition coefficient (Wildman–Crippen LogP) is 2.97. The van der Waals surface area contributed by atoms with Crippen molar-refractivity contribution < 1.29 is 4.42 Å². The van der Waals surface area contributed by atoms with Gasteiger partial charge in [-0.2, -0.15) is 0 Å². The van der Waals surface area contributed by atoms with E-state index in [1.165, 1.54) is 31.2 Å². The molecule has 1 aliphatic carbocycles. The molecule has 1 N–H and O–H groups in total. The molecule has 4 heteroatoms. The van der Waals surface area contributed by atoms with E-state index in [0.29, 0.717) is 11.6 Å². The van der Waals surface area contributed by atoms with Crippen LogP contribution in [0.2, 0.25) is 0 Å². The molecular formula is C16H22N2O2. The molecule has 4 nitrogen and oxygen atoms in total. The minimum absolute atomic E-state index is 0.295. The van der Waals surface area contributed by atoms with Crippen molar-refractivity contribution >= 4 is 11.1 Å². The summed E-state index contributed by atoms with van der Waals surface area (Å²) in [5.41, 5.74) is 2.77. The third-order valence-electron chi connectivity index (χ3n) is 4.46. The number of aryl methyl sites for hydroxylation is 1. The molecule has 0 aliphatic heterocycles.